The minimum absolute atomic E-state index is 0.165. The van der Waals surface area contributed by atoms with Crippen LogP contribution >= 0.6 is 0 Å². The van der Waals surface area contributed by atoms with Crippen LogP contribution in [0.4, 0.5) is 5.69 Å². The van der Waals surface area contributed by atoms with E-state index in [1.807, 2.05) is 12.1 Å². The first-order valence-electron chi connectivity index (χ1n) is 9.27. The lowest BCUT2D eigenvalue weighted by molar-refractivity contribution is 0.102. The van der Waals surface area contributed by atoms with Gasteiger partial charge in [0.15, 0.2) is 0 Å². The Labute approximate surface area is 149 Å². The highest BCUT2D eigenvalue weighted by Crippen LogP contribution is 2.27. The molecule has 2 N–H and O–H groups in total. The first-order chi connectivity index (χ1) is 12.2. The topological polar surface area (TPSA) is 61.0 Å². The number of benzene rings is 1. The maximum atomic E-state index is 12.0. The van der Waals surface area contributed by atoms with Crippen LogP contribution in [0.1, 0.15) is 42.7 Å². The van der Waals surface area contributed by atoms with E-state index in [1.54, 1.807) is 12.3 Å². The fraction of sp³-hybridized carbons (Fsp3) is 0.500. The molecule has 0 aliphatic carbocycles. The van der Waals surface area contributed by atoms with E-state index >= 15 is 0 Å². The summed E-state index contributed by atoms with van der Waals surface area (Å²) in [5.74, 6) is 1.44. The van der Waals surface area contributed by atoms with Gasteiger partial charge in [0.05, 0.1) is 0 Å². The fourth-order valence-corrected chi connectivity index (χ4v) is 3.68. The summed E-state index contributed by atoms with van der Waals surface area (Å²) >= 11 is 0. The Morgan fingerprint density at radius 1 is 1.32 bits per heavy atom. The van der Waals surface area contributed by atoms with Gasteiger partial charge >= 0.3 is 0 Å². The van der Waals surface area contributed by atoms with Crippen LogP contribution in [0.2, 0.25) is 0 Å². The lowest BCUT2D eigenvalue weighted by Gasteiger charge is -2.36. The van der Waals surface area contributed by atoms with Crippen molar-refractivity contribution in [2.45, 2.75) is 33.1 Å². The number of amides is 1. The van der Waals surface area contributed by atoms with Crippen LogP contribution in [0.15, 0.2) is 36.5 Å². The van der Waals surface area contributed by atoms with Crippen LogP contribution in [0, 0.1) is 11.8 Å². The van der Waals surface area contributed by atoms with Gasteiger partial charge < -0.3 is 10.2 Å². The maximum Gasteiger partial charge on any atom is 0.273 e. The summed E-state index contributed by atoms with van der Waals surface area (Å²) in [4.78, 5) is 14.5. The third-order valence-electron chi connectivity index (χ3n) is 5.38. The van der Waals surface area contributed by atoms with Gasteiger partial charge in [-0.05, 0) is 68.0 Å². The highest BCUT2D eigenvalue weighted by atomic mass is 16.1. The van der Waals surface area contributed by atoms with Gasteiger partial charge in [0.1, 0.15) is 5.69 Å². The number of carbonyl (C=O) groups is 1. The van der Waals surface area contributed by atoms with Crippen molar-refractivity contribution in [3.63, 3.8) is 0 Å². The summed E-state index contributed by atoms with van der Waals surface area (Å²) in [6, 6.07) is 9.86. The molecule has 1 aliphatic rings. The van der Waals surface area contributed by atoms with Crippen molar-refractivity contribution in [2.24, 2.45) is 11.8 Å². The van der Waals surface area contributed by atoms with Crippen molar-refractivity contribution in [3.8, 4) is 0 Å². The van der Waals surface area contributed by atoms with Crippen LogP contribution < -0.4 is 5.32 Å². The highest BCUT2D eigenvalue weighted by molar-refractivity contribution is 6.02. The summed E-state index contributed by atoms with van der Waals surface area (Å²) in [5, 5.41) is 9.35. The van der Waals surface area contributed by atoms with Crippen molar-refractivity contribution in [1.29, 1.82) is 0 Å². The summed E-state index contributed by atoms with van der Waals surface area (Å²) in [6.07, 6.45) is 5.24. The number of rotatable bonds is 6. The smallest absolute Gasteiger partial charge is 0.273 e. The molecule has 1 aliphatic heterocycles. The SMILES string of the molecule is CCN1CCC(CCc2ccc(NC(=O)c3ccn[nH]3)cc2)C(C)C1. The van der Waals surface area contributed by atoms with Gasteiger partial charge in [0.2, 0.25) is 0 Å². The molecular weight excluding hydrogens is 312 g/mol. The normalized spacial score (nSPS) is 21.2. The molecule has 0 spiro atoms. The molecule has 134 valence electrons. The molecule has 1 saturated heterocycles. The van der Waals surface area contributed by atoms with Gasteiger partial charge in [-0.3, -0.25) is 9.89 Å². The number of likely N-dealkylation sites (tertiary alicyclic amines) is 1. The van der Waals surface area contributed by atoms with Crippen LogP contribution in [0.25, 0.3) is 0 Å². The number of hydrogen-bond acceptors (Lipinski definition) is 3. The summed E-state index contributed by atoms with van der Waals surface area (Å²) in [7, 11) is 0. The maximum absolute atomic E-state index is 12.0. The number of aryl methyl sites for hydroxylation is 1. The number of nitrogens with zero attached hydrogens (tertiary/aromatic N) is 2. The second kappa shape index (κ2) is 8.30. The fourth-order valence-electron chi connectivity index (χ4n) is 3.68. The molecule has 2 aromatic rings. The third kappa shape index (κ3) is 4.69. The number of H-pyrrole nitrogens is 1. The minimum atomic E-state index is -0.165. The Balaban J connectivity index is 1.49. The summed E-state index contributed by atoms with van der Waals surface area (Å²) in [6.45, 7) is 8.28. The molecule has 1 aromatic carbocycles. The number of aromatic amines is 1. The van der Waals surface area contributed by atoms with Crippen molar-refractivity contribution in [2.75, 3.05) is 25.0 Å². The van der Waals surface area contributed by atoms with E-state index in [-0.39, 0.29) is 5.91 Å². The lowest BCUT2D eigenvalue weighted by atomic mass is 9.83. The average Bonchev–Trinajstić information content (AvgIpc) is 3.16. The number of aromatic nitrogens is 2. The Morgan fingerprint density at radius 3 is 2.76 bits per heavy atom. The van der Waals surface area contributed by atoms with Gasteiger partial charge in [0.25, 0.3) is 5.91 Å². The molecule has 0 saturated carbocycles. The number of carbonyl (C=O) groups excluding carboxylic acids is 1. The van der Waals surface area contributed by atoms with E-state index in [9.17, 15) is 4.79 Å². The van der Waals surface area contributed by atoms with Crippen molar-refractivity contribution >= 4 is 11.6 Å². The lowest BCUT2D eigenvalue weighted by Crippen LogP contribution is -2.39. The van der Waals surface area contributed by atoms with Crippen molar-refractivity contribution in [1.82, 2.24) is 15.1 Å². The zero-order valence-electron chi connectivity index (χ0n) is 15.2. The first-order valence-corrected chi connectivity index (χ1v) is 9.27. The van der Waals surface area contributed by atoms with E-state index in [0.717, 1.165) is 23.9 Å². The minimum Gasteiger partial charge on any atom is -0.321 e. The van der Waals surface area contributed by atoms with Gasteiger partial charge in [-0.2, -0.15) is 5.10 Å². The van der Waals surface area contributed by atoms with Crippen LogP contribution in [-0.4, -0.2) is 40.6 Å². The van der Waals surface area contributed by atoms with Gasteiger partial charge in [-0.25, -0.2) is 0 Å². The summed E-state index contributed by atoms with van der Waals surface area (Å²) < 4.78 is 0. The Morgan fingerprint density at radius 2 is 2.12 bits per heavy atom. The van der Waals surface area contributed by atoms with Crippen molar-refractivity contribution in [3.05, 3.63) is 47.8 Å². The predicted octanol–water partition coefficient (Wildman–Crippen LogP) is 3.57. The second-order valence-corrected chi connectivity index (χ2v) is 7.08. The molecule has 5 heteroatoms. The third-order valence-corrected chi connectivity index (χ3v) is 5.38. The molecule has 25 heavy (non-hydrogen) atoms. The first kappa shape index (κ1) is 17.7. The molecule has 1 amide bonds. The quantitative estimate of drug-likeness (QED) is 0.845. The monoisotopic (exact) mass is 340 g/mol. The molecular formula is C20H28N4O. The van der Waals surface area contributed by atoms with E-state index in [1.165, 1.54) is 38.0 Å². The number of anilines is 1. The Kier molecular flexibility index (Phi) is 5.87. The Hall–Kier alpha value is -2.14. The summed E-state index contributed by atoms with van der Waals surface area (Å²) in [5.41, 5.74) is 2.62. The molecule has 2 atom stereocenters. The van der Waals surface area contributed by atoms with Gasteiger partial charge in [-0.15, -0.1) is 0 Å². The van der Waals surface area contributed by atoms with Gasteiger partial charge in [0, 0.05) is 18.4 Å². The molecule has 2 heterocycles. The molecule has 3 rings (SSSR count). The zero-order chi connectivity index (χ0) is 17.6. The molecule has 5 nitrogen and oxygen atoms in total. The molecule has 1 aromatic heterocycles. The van der Waals surface area contributed by atoms with E-state index in [4.69, 9.17) is 0 Å². The predicted molar refractivity (Wildman–Crippen MR) is 101 cm³/mol. The van der Waals surface area contributed by atoms with Gasteiger partial charge in [-0.1, -0.05) is 26.0 Å². The van der Waals surface area contributed by atoms with Crippen LogP contribution in [0.3, 0.4) is 0 Å². The molecule has 2 unspecified atom stereocenters. The number of nitrogens with one attached hydrogen (secondary N) is 2. The molecule has 0 radical (unpaired) electrons. The number of piperidine rings is 1. The Bertz CT molecular complexity index is 666. The zero-order valence-corrected chi connectivity index (χ0v) is 15.2. The van der Waals surface area contributed by atoms with E-state index < -0.39 is 0 Å². The number of hydrogen-bond donors (Lipinski definition) is 2. The van der Waals surface area contributed by atoms with E-state index in [0.29, 0.717) is 5.69 Å². The highest BCUT2D eigenvalue weighted by Gasteiger charge is 2.24. The van der Waals surface area contributed by atoms with E-state index in [2.05, 4.69) is 46.4 Å². The molecule has 1 fully saturated rings. The van der Waals surface area contributed by atoms with Crippen LogP contribution in [-0.2, 0) is 6.42 Å². The second-order valence-electron chi connectivity index (χ2n) is 7.08. The average molecular weight is 340 g/mol. The standard InChI is InChI=1S/C20H28N4O/c1-3-24-13-11-17(15(2)14-24)7-4-16-5-8-18(9-6-16)22-20(25)19-10-12-21-23-19/h5-6,8-10,12,15,17H,3-4,7,11,13-14H2,1-2H3,(H,21,23)(H,22,25). The van der Waals surface area contributed by atoms with Crippen LogP contribution in [0.5, 0.6) is 0 Å². The largest absolute Gasteiger partial charge is 0.321 e. The molecule has 0 bridgehead atoms. The van der Waals surface area contributed by atoms with Crippen molar-refractivity contribution < 1.29 is 4.79 Å².